The highest BCUT2D eigenvalue weighted by Crippen LogP contribution is 2.28. The number of aromatic nitrogens is 2. The summed E-state index contributed by atoms with van der Waals surface area (Å²) in [7, 11) is 0. The first-order chi connectivity index (χ1) is 9.75. The zero-order valence-corrected chi connectivity index (χ0v) is 12.1. The molecule has 0 bridgehead atoms. The van der Waals surface area contributed by atoms with Crippen LogP contribution in [0.3, 0.4) is 0 Å². The van der Waals surface area contributed by atoms with Crippen molar-refractivity contribution in [2.75, 3.05) is 0 Å². The molecule has 0 N–H and O–H groups in total. The Morgan fingerprint density at radius 3 is 2.90 bits per heavy atom. The van der Waals surface area contributed by atoms with E-state index in [9.17, 15) is 5.21 Å². The van der Waals surface area contributed by atoms with Gasteiger partial charge in [-0.25, -0.2) is 0 Å². The first-order valence-corrected chi connectivity index (χ1v) is 7.45. The van der Waals surface area contributed by atoms with E-state index in [1.807, 2.05) is 36.4 Å². The summed E-state index contributed by atoms with van der Waals surface area (Å²) in [6, 6.07) is 13.0. The van der Waals surface area contributed by atoms with Crippen molar-refractivity contribution in [1.29, 1.82) is 0 Å². The molecule has 2 aromatic heterocycles. The number of hydrogen-bond acceptors (Lipinski definition) is 3. The molecule has 0 aliphatic rings. The first kappa shape index (κ1) is 13.2. The summed E-state index contributed by atoms with van der Waals surface area (Å²) in [5.74, 6) is 0.678. The van der Waals surface area contributed by atoms with Crippen molar-refractivity contribution in [3.8, 4) is 0 Å². The molecule has 0 radical (unpaired) electrons. The van der Waals surface area contributed by atoms with E-state index in [-0.39, 0.29) is 0 Å². The van der Waals surface area contributed by atoms with Crippen LogP contribution in [-0.4, -0.2) is 4.98 Å². The van der Waals surface area contributed by atoms with Gasteiger partial charge in [-0.1, -0.05) is 29.4 Å². The second kappa shape index (κ2) is 5.69. The van der Waals surface area contributed by atoms with Crippen LogP contribution in [0.25, 0.3) is 10.9 Å². The summed E-state index contributed by atoms with van der Waals surface area (Å²) >= 11 is 7.66. The van der Waals surface area contributed by atoms with Crippen LogP contribution >= 0.6 is 23.4 Å². The molecule has 100 valence electrons. The van der Waals surface area contributed by atoms with Crippen LogP contribution in [0.5, 0.6) is 0 Å². The summed E-state index contributed by atoms with van der Waals surface area (Å²) in [5, 5.41) is 13.9. The number of nitrogens with zero attached hydrogens (tertiary/aromatic N) is 2. The summed E-state index contributed by atoms with van der Waals surface area (Å²) in [4.78, 5) is 4.39. The first-order valence-electron chi connectivity index (χ1n) is 6.09. The smallest absolute Gasteiger partial charge is 0.251 e. The van der Waals surface area contributed by atoms with E-state index < -0.39 is 0 Å². The Hall–Kier alpha value is -1.78. The van der Waals surface area contributed by atoms with Crippen molar-refractivity contribution < 1.29 is 4.73 Å². The molecule has 3 nitrogen and oxygen atoms in total. The fourth-order valence-electron chi connectivity index (χ4n) is 1.99. The molecule has 0 amide bonds. The van der Waals surface area contributed by atoms with Crippen molar-refractivity contribution in [1.82, 2.24) is 4.98 Å². The van der Waals surface area contributed by atoms with Gasteiger partial charge in [0.15, 0.2) is 6.20 Å². The van der Waals surface area contributed by atoms with E-state index in [2.05, 4.69) is 4.98 Å². The van der Waals surface area contributed by atoms with E-state index >= 15 is 0 Å². The topological polar surface area (TPSA) is 39.8 Å². The lowest BCUT2D eigenvalue weighted by molar-refractivity contribution is -0.645. The molecular formula is C15H11ClN2OS. The van der Waals surface area contributed by atoms with Crippen molar-refractivity contribution in [2.45, 2.75) is 10.8 Å². The second-order valence-corrected chi connectivity index (χ2v) is 5.66. The highest BCUT2D eigenvalue weighted by atomic mass is 35.5. The van der Waals surface area contributed by atoms with Crippen molar-refractivity contribution in [2.24, 2.45) is 0 Å². The number of rotatable bonds is 3. The molecule has 3 rings (SSSR count). The fourth-order valence-corrected chi connectivity index (χ4v) is 3.10. The summed E-state index contributed by atoms with van der Waals surface area (Å²) in [5.41, 5.74) is 1.96. The van der Waals surface area contributed by atoms with Gasteiger partial charge >= 0.3 is 0 Å². The standard InChI is InChI=1S/C15H11ClN2OS/c16-13-7-6-11(15-12(13)4-3-8-17-15)10-20-14-5-1-2-9-18(14)19/h1-9H,10H2. The van der Waals surface area contributed by atoms with E-state index in [0.29, 0.717) is 15.8 Å². The summed E-state index contributed by atoms with van der Waals surface area (Å²) in [6.45, 7) is 0. The normalized spacial score (nSPS) is 10.8. The third-order valence-electron chi connectivity index (χ3n) is 2.96. The van der Waals surface area contributed by atoms with Gasteiger partial charge in [-0.2, -0.15) is 4.73 Å². The fraction of sp³-hybridized carbons (Fsp3) is 0.0667. The molecule has 0 saturated heterocycles. The van der Waals surface area contributed by atoms with Gasteiger partial charge in [-0.3, -0.25) is 4.98 Å². The SMILES string of the molecule is [O-][n+]1ccccc1SCc1ccc(Cl)c2cccnc12. The lowest BCUT2D eigenvalue weighted by Gasteiger charge is -2.07. The lowest BCUT2D eigenvalue weighted by atomic mass is 10.1. The Balaban J connectivity index is 1.92. The quantitative estimate of drug-likeness (QED) is 0.419. The van der Waals surface area contributed by atoms with Gasteiger partial charge in [0.2, 0.25) is 0 Å². The predicted molar refractivity (Wildman–Crippen MR) is 81.7 cm³/mol. The molecule has 0 fully saturated rings. The number of halogens is 1. The van der Waals surface area contributed by atoms with Crippen LogP contribution < -0.4 is 4.73 Å². The van der Waals surface area contributed by atoms with E-state index in [4.69, 9.17) is 11.6 Å². The third-order valence-corrected chi connectivity index (χ3v) is 4.36. The predicted octanol–water partition coefficient (Wildman–Crippen LogP) is 3.81. The van der Waals surface area contributed by atoms with Crippen molar-refractivity contribution in [3.63, 3.8) is 0 Å². The van der Waals surface area contributed by atoms with Gasteiger partial charge in [-0.15, -0.1) is 0 Å². The third kappa shape index (κ3) is 2.57. The van der Waals surface area contributed by atoms with Crippen molar-refractivity contribution >= 4 is 34.3 Å². The van der Waals surface area contributed by atoms with Crippen LogP contribution in [-0.2, 0) is 5.75 Å². The maximum atomic E-state index is 11.6. The van der Waals surface area contributed by atoms with Gasteiger partial charge in [0.25, 0.3) is 5.03 Å². The highest BCUT2D eigenvalue weighted by Gasteiger charge is 2.09. The van der Waals surface area contributed by atoms with Crippen molar-refractivity contribution in [3.05, 3.63) is 70.7 Å². The van der Waals surface area contributed by atoms with Crippen LogP contribution in [0.15, 0.2) is 59.9 Å². The minimum atomic E-state index is 0.673. The van der Waals surface area contributed by atoms with E-state index in [1.54, 1.807) is 12.3 Å². The number of benzene rings is 1. The lowest BCUT2D eigenvalue weighted by Crippen LogP contribution is -2.27. The largest absolute Gasteiger partial charge is 0.618 e. The van der Waals surface area contributed by atoms with Gasteiger partial charge in [0.1, 0.15) is 0 Å². The minimum absolute atomic E-state index is 0.673. The van der Waals surface area contributed by atoms with Gasteiger partial charge in [0.05, 0.1) is 5.52 Å². The highest BCUT2D eigenvalue weighted by molar-refractivity contribution is 7.98. The Kier molecular flexibility index (Phi) is 3.76. The molecule has 0 unspecified atom stereocenters. The number of pyridine rings is 2. The number of thioether (sulfide) groups is 1. The average Bonchev–Trinajstić information content (AvgIpc) is 2.48. The Morgan fingerprint density at radius 1 is 1.15 bits per heavy atom. The zero-order valence-electron chi connectivity index (χ0n) is 10.5. The van der Waals surface area contributed by atoms with Gasteiger partial charge in [0, 0.05) is 34.5 Å². The molecule has 0 aliphatic heterocycles. The molecule has 0 atom stereocenters. The Bertz CT molecular complexity index is 764. The van der Waals surface area contributed by atoms with E-state index in [0.717, 1.165) is 21.2 Å². The molecule has 0 aliphatic carbocycles. The molecule has 0 spiro atoms. The maximum Gasteiger partial charge on any atom is 0.251 e. The summed E-state index contributed by atoms with van der Waals surface area (Å²) < 4.78 is 0.871. The van der Waals surface area contributed by atoms with Crippen LogP contribution in [0, 0.1) is 5.21 Å². The molecular weight excluding hydrogens is 292 g/mol. The maximum absolute atomic E-state index is 11.6. The number of fused-ring (bicyclic) bond motifs is 1. The van der Waals surface area contributed by atoms with Crippen LogP contribution in [0.2, 0.25) is 5.02 Å². The second-order valence-electron chi connectivity index (χ2n) is 4.26. The monoisotopic (exact) mass is 302 g/mol. The van der Waals surface area contributed by atoms with Crippen LogP contribution in [0.4, 0.5) is 0 Å². The molecule has 5 heteroatoms. The number of hydrogen-bond donors (Lipinski definition) is 0. The van der Waals surface area contributed by atoms with Gasteiger partial charge < -0.3 is 5.21 Å². The summed E-state index contributed by atoms with van der Waals surface area (Å²) in [6.07, 6.45) is 3.25. The molecule has 0 saturated carbocycles. The minimum Gasteiger partial charge on any atom is -0.618 e. The van der Waals surface area contributed by atoms with Gasteiger partial charge in [-0.05, 0) is 29.8 Å². The molecule has 3 aromatic rings. The van der Waals surface area contributed by atoms with Crippen LogP contribution in [0.1, 0.15) is 5.56 Å². The molecule has 2 heterocycles. The Morgan fingerprint density at radius 2 is 2.05 bits per heavy atom. The van der Waals surface area contributed by atoms with E-state index in [1.165, 1.54) is 18.0 Å². The Labute approximate surface area is 125 Å². The molecule has 1 aromatic carbocycles. The zero-order chi connectivity index (χ0) is 13.9. The average molecular weight is 303 g/mol. The molecule has 20 heavy (non-hydrogen) atoms.